The van der Waals surface area contributed by atoms with Crippen molar-refractivity contribution in [1.29, 1.82) is 0 Å². The number of anilines is 1. The van der Waals surface area contributed by atoms with E-state index in [2.05, 4.69) is 5.32 Å². The van der Waals surface area contributed by atoms with Crippen LogP contribution in [0.2, 0.25) is 5.02 Å². The van der Waals surface area contributed by atoms with Crippen LogP contribution in [0, 0.1) is 5.21 Å². The molecule has 132 valence electrons. The molecule has 0 saturated heterocycles. The van der Waals surface area contributed by atoms with Crippen molar-refractivity contribution in [2.45, 2.75) is 14.8 Å². The fraction of sp³-hybridized carbons (Fsp3) is 0.0526. The number of nitrogens with zero attached hydrogens (tertiary/aromatic N) is 1. The first kappa shape index (κ1) is 18.6. The molecule has 1 aromatic heterocycles. The molecular weight excluding hydrogens is 388 g/mol. The molecule has 1 heterocycles. The molecule has 1 amide bonds. The Morgan fingerprint density at radius 3 is 2.54 bits per heavy atom. The summed E-state index contributed by atoms with van der Waals surface area (Å²) >= 11 is 8.67. The van der Waals surface area contributed by atoms with Gasteiger partial charge >= 0.3 is 0 Å². The highest BCUT2D eigenvalue weighted by Gasteiger charge is 2.11. The van der Waals surface area contributed by atoms with Crippen molar-refractivity contribution in [3.8, 4) is 0 Å². The standard InChI is InChI=1S/C19H15ClN2O2S2/c20-14-8-10-15(11-9-14)26-17-6-2-1-5-16(17)21-18(23)13-25-19-7-3-4-12-22(19)24/h1-12H,13H2,(H,21,23). The van der Waals surface area contributed by atoms with Crippen LogP contribution in [0.1, 0.15) is 0 Å². The van der Waals surface area contributed by atoms with Gasteiger partial charge in [0.2, 0.25) is 5.91 Å². The van der Waals surface area contributed by atoms with Crippen molar-refractivity contribution in [1.82, 2.24) is 0 Å². The van der Waals surface area contributed by atoms with Crippen LogP contribution in [0.15, 0.2) is 87.7 Å². The van der Waals surface area contributed by atoms with Gasteiger partial charge < -0.3 is 10.5 Å². The first-order valence-corrected chi connectivity index (χ1v) is 9.93. The van der Waals surface area contributed by atoms with E-state index in [0.717, 1.165) is 20.2 Å². The summed E-state index contributed by atoms with van der Waals surface area (Å²) in [4.78, 5) is 14.2. The Morgan fingerprint density at radius 2 is 1.77 bits per heavy atom. The molecule has 0 unspecified atom stereocenters. The van der Waals surface area contributed by atoms with Gasteiger partial charge in [-0.1, -0.05) is 35.5 Å². The van der Waals surface area contributed by atoms with Crippen molar-refractivity contribution in [2.75, 3.05) is 11.1 Å². The predicted molar refractivity (Wildman–Crippen MR) is 107 cm³/mol. The second kappa shape index (κ2) is 8.98. The lowest BCUT2D eigenvalue weighted by Gasteiger charge is -2.10. The molecule has 1 N–H and O–H groups in total. The number of halogens is 1. The van der Waals surface area contributed by atoms with E-state index in [1.54, 1.807) is 30.0 Å². The predicted octanol–water partition coefficient (Wildman–Crippen LogP) is 4.86. The summed E-state index contributed by atoms with van der Waals surface area (Å²) in [6.07, 6.45) is 1.41. The molecule has 0 atom stereocenters. The Labute approximate surface area is 165 Å². The number of benzene rings is 2. The topological polar surface area (TPSA) is 56.0 Å². The van der Waals surface area contributed by atoms with Gasteiger partial charge in [0, 0.05) is 26.9 Å². The van der Waals surface area contributed by atoms with E-state index in [0.29, 0.717) is 10.0 Å². The minimum absolute atomic E-state index is 0.159. The van der Waals surface area contributed by atoms with Crippen LogP contribution in [0.5, 0.6) is 0 Å². The van der Waals surface area contributed by atoms with Gasteiger partial charge in [0.15, 0.2) is 6.20 Å². The molecule has 3 rings (SSSR count). The number of carbonyl (C=O) groups excluding carboxylic acids is 1. The van der Waals surface area contributed by atoms with Crippen LogP contribution in [0.3, 0.4) is 0 Å². The fourth-order valence-corrected chi connectivity index (χ4v) is 3.88. The van der Waals surface area contributed by atoms with Gasteiger partial charge in [0.05, 0.1) is 11.4 Å². The monoisotopic (exact) mass is 402 g/mol. The number of pyridine rings is 1. The normalized spacial score (nSPS) is 10.5. The van der Waals surface area contributed by atoms with Crippen LogP contribution in [-0.2, 0) is 4.79 Å². The number of amides is 1. The number of nitrogens with one attached hydrogen (secondary N) is 1. The first-order valence-electron chi connectivity index (χ1n) is 7.75. The molecule has 0 aliphatic carbocycles. The summed E-state index contributed by atoms with van der Waals surface area (Å²) < 4.78 is 0.752. The minimum Gasteiger partial charge on any atom is -0.618 e. The molecule has 0 bridgehead atoms. The maximum atomic E-state index is 12.3. The Bertz CT molecular complexity index is 904. The number of aromatic nitrogens is 1. The average Bonchev–Trinajstić information content (AvgIpc) is 2.64. The average molecular weight is 403 g/mol. The third-order valence-electron chi connectivity index (χ3n) is 3.34. The minimum atomic E-state index is -0.164. The summed E-state index contributed by atoms with van der Waals surface area (Å²) in [5, 5.41) is 15.7. The molecule has 0 aliphatic rings. The molecule has 26 heavy (non-hydrogen) atoms. The summed E-state index contributed by atoms with van der Waals surface area (Å²) in [6, 6.07) is 20.3. The van der Waals surface area contributed by atoms with Crippen LogP contribution in [0.25, 0.3) is 0 Å². The fourth-order valence-electron chi connectivity index (χ4n) is 2.14. The van der Waals surface area contributed by atoms with E-state index in [1.807, 2.05) is 48.5 Å². The lowest BCUT2D eigenvalue weighted by molar-refractivity contribution is -0.645. The highest BCUT2D eigenvalue weighted by atomic mass is 35.5. The highest BCUT2D eigenvalue weighted by Crippen LogP contribution is 2.34. The van der Waals surface area contributed by atoms with Gasteiger partial charge in [0.1, 0.15) is 0 Å². The Balaban J connectivity index is 1.65. The van der Waals surface area contributed by atoms with Crippen molar-refractivity contribution in [2.24, 2.45) is 0 Å². The lowest BCUT2D eigenvalue weighted by atomic mass is 10.3. The molecule has 0 spiro atoms. The van der Waals surface area contributed by atoms with Gasteiger partial charge in [-0.3, -0.25) is 4.79 Å². The number of hydrogen-bond donors (Lipinski definition) is 1. The molecule has 0 saturated carbocycles. The zero-order valence-electron chi connectivity index (χ0n) is 13.6. The van der Waals surface area contributed by atoms with Crippen molar-refractivity contribution < 1.29 is 9.52 Å². The Kier molecular flexibility index (Phi) is 6.44. The SMILES string of the molecule is O=C(CSc1cccc[n+]1[O-])Nc1ccccc1Sc1ccc(Cl)cc1. The first-order chi connectivity index (χ1) is 12.6. The van der Waals surface area contributed by atoms with Gasteiger partial charge in [-0.2, -0.15) is 4.73 Å². The second-order valence-corrected chi connectivity index (χ2v) is 7.80. The molecule has 0 radical (unpaired) electrons. The van der Waals surface area contributed by atoms with Gasteiger partial charge in [-0.15, -0.1) is 0 Å². The smallest absolute Gasteiger partial charge is 0.251 e. The molecule has 4 nitrogen and oxygen atoms in total. The zero-order valence-corrected chi connectivity index (χ0v) is 16.0. The van der Waals surface area contributed by atoms with E-state index in [-0.39, 0.29) is 11.7 Å². The number of para-hydroxylation sites is 1. The summed E-state index contributed by atoms with van der Waals surface area (Å²) in [7, 11) is 0. The maximum Gasteiger partial charge on any atom is 0.251 e. The number of carbonyl (C=O) groups is 1. The molecule has 2 aromatic carbocycles. The van der Waals surface area contributed by atoms with Crippen LogP contribution in [-0.4, -0.2) is 11.7 Å². The Morgan fingerprint density at radius 1 is 1.04 bits per heavy atom. The highest BCUT2D eigenvalue weighted by molar-refractivity contribution is 8.00. The molecular formula is C19H15ClN2O2S2. The van der Waals surface area contributed by atoms with Crippen molar-refractivity contribution in [3.63, 3.8) is 0 Å². The van der Waals surface area contributed by atoms with Crippen LogP contribution >= 0.6 is 35.1 Å². The third kappa shape index (κ3) is 5.17. The summed E-state index contributed by atoms with van der Waals surface area (Å²) in [5.41, 5.74) is 0.737. The van der Waals surface area contributed by atoms with Crippen molar-refractivity contribution in [3.05, 3.63) is 83.2 Å². The van der Waals surface area contributed by atoms with Gasteiger partial charge in [0.25, 0.3) is 5.03 Å². The largest absolute Gasteiger partial charge is 0.618 e. The molecule has 0 aliphatic heterocycles. The molecule has 7 heteroatoms. The van der Waals surface area contributed by atoms with E-state index in [9.17, 15) is 10.0 Å². The third-order valence-corrected chi connectivity index (χ3v) is 5.70. The quantitative estimate of drug-likeness (QED) is 0.363. The molecule has 0 fully saturated rings. The number of hydrogen-bond acceptors (Lipinski definition) is 4. The summed E-state index contributed by atoms with van der Waals surface area (Å²) in [6.45, 7) is 0. The maximum absolute atomic E-state index is 12.3. The zero-order chi connectivity index (χ0) is 18.4. The number of rotatable bonds is 6. The van der Waals surface area contributed by atoms with Crippen LogP contribution in [0.4, 0.5) is 5.69 Å². The lowest BCUT2D eigenvalue weighted by Crippen LogP contribution is -2.28. The summed E-state index contributed by atoms with van der Waals surface area (Å²) in [5.74, 6) is -0.00495. The van der Waals surface area contributed by atoms with Crippen molar-refractivity contribution >= 4 is 46.7 Å². The second-order valence-electron chi connectivity index (χ2n) is 5.25. The van der Waals surface area contributed by atoms with E-state index < -0.39 is 0 Å². The van der Waals surface area contributed by atoms with Gasteiger partial charge in [-0.05, 0) is 54.2 Å². The number of thioether (sulfide) groups is 1. The van der Waals surface area contributed by atoms with E-state index in [4.69, 9.17) is 11.6 Å². The molecule has 3 aromatic rings. The van der Waals surface area contributed by atoms with Crippen LogP contribution < -0.4 is 10.0 Å². The van der Waals surface area contributed by atoms with E-state index >= 15 is 0 Å². The van der Waals surface area contributed by atoms with E-state index in [1.165, 1.54) is 18.0 Å². The van der Waals surface area contributed by atoms with Gasteiger partial charge in [-0.25, -0.2) is 0 Å². The Hall–Kier alpha value is -2.15.